The summed E-state index contributed by atoms with van der Waals surface area (Å²) in [6, 6.07) is 7.49. The van der Waals surface area contributed by atoms with Crippen LogP contribution in [0.1, 0.15) is 58.3 Å². The van der Waals surface area contributed by atoms with Crippen molar-refractivity contribution < 1.29 is 51.6 Å². The summed E-state index contributed by atoms with van der Waals surface area (Å²) in [4.78, 5) is 38.3. The first-order valence-corrected chi connectivity index (χ1v) is 18.2. The first kappa shape index (κ1) is 35.7. The molecule has 3 aromatic rings. The van der Waals surface area contributed by atoms with Gasteiger partial charge in [0.05, 0.1) is 26.1 Å². The van der Waals surface area contributed by atoms with Crippen molar-refractivity contribution in [1.29, 1.82) is 0 Å². The molecule has 0 saturated heterocycles. The molecule has 0 radical (unpaired) electrons. The predicted octanol–water partition coefficient (Wildman–Crippen LogP) is 6.26. The molecule has 2 saturated carbocycles. The molecular formula is C30H40N5O11PS. The summed E-state index contributed by atoms with van der Waals surface area (Å²) in [5.74, 6) is 0.798. The van der Waals surface area contributed by atoms with Gasteiger partial charge in [0, 0.05) is 4.90 Å². The van der Waals surface area contributed by atoms with Gasteiger partial charge in [0.25, 0.3) is 0 Å². The fourth-order valence-electron chi connectivity index (χ4n) is 5.22. The Morgan fingerprint density at radius 1 is 0.958 bits per heavy atom. The minimum Gasteiger partial charge on any atom is -0.497 e. The van der Waals surface area contributed by atoms with Crippen molar-refractivity contribution in [2.24, 2.45) is 0 Å². The van der Waals surface area contributed by atoms with E-state index in [4.69, 9.17) is 43.2 Å². The fraction of sp³-hybridized carbons (Fsp3) is 0.567. The number of nitrogens with two attached hydrogens (primary N) is 1. The number of carbonyl (C=O) groups is 2. The molecule has 2 N–H and O–H groups in total. The number of hydrogen-bond acceptors (Lipinski definition) is 16. The van der Waals surface area contributed by atoms with Gasteiger partial charge >= 0.3 is 19.9 Å². The summed E-state index contributed by atoms with van der Waals surface area (Å²) in [5.41, 5.74) is 7.06. The number of ether oxygens (including phenoxy) is 6. The van der Waals surface area contributed by atoms with Gasteiger partial charge in [-0.2, -0.15) is 4.98 Å². The minimum absolute atomic E-state index is 0.0676. The van der Waals surface area contributed by atoms with Crippen LogP contribution in [0.5, 0.6) is 5.75 Å². The van der Waals surface area contributed by atoms with Crippen LogP contribution in [0.3, 0.4) is 0 Å². The second-order valence-electron chi connectivity index (χ2n) is 11.3. The van der Waals surface area contributed by atoms with Crippen molar-refractivity contribution in [3.05, 3.63) is 30.6 Å². The predicted molar refractivity (Wildman–Crippen MR) is 171 cm³/mol. The number of rotatable bonds is 16. The Kier molecular flexibility index (Phi) is 12.7. The zero-order chi connectivity index (χ0) is 33.9. The van der Waals surface area contributed by atoms with Gasteiger partial charge in [0.15, 0.2) is 5.65 Å². The third-order valence-corrected chi connectivity index (χ3v) is 10.1. The average molecular weight is 710 g/mol. The number of carbonyl (C=O) groups excluding carboxylic acids is 2. The first-order valence-electron chi connectivity index (χ1n) is 15.7. The van der Waals surface area contributed by atoms with E-state index in [1.54, 1.807) is 24.9 Å². The van der Waals surface area contributed by atoms with Crippen LogP contribution in [0.15, 0.2) is 40.5 Å². The van der Waals surface area contributed by atoms with Crippen molar-refractivity contribution in [3.63, 3.8) is 0 Å². The SMILES string of the molecule is COc1ccc(Sc2nc(N)nc3c2ncn3CC(C)OCP(=O)(OCOC(=O)OC2CCCC2)OCOC(=O)OC2CCCC2)cc1. The molecule has 2 fully saturated rings. The number of methoxy groups -OCH3 is 1. The zero-order valence-corrected chi connectivity index (χ0v) is 28.5. The highest BCUT2D eigenvalue weighted by Crippen LogP contribution is 2.48. The zero-order valence-electron chi connectivity index (χ0n) is 26.8. The topological polar surface area (TPSA) is 195 Å². The fourth-order valence-corrected chi connectivity index (χ4v) is 7.18. The van der Waals surface area contributed by atoms with Gasteiger partial charge in [0.2, 0.25) is 19.5 Å². The second-order valence-corrected chi connectivity index (χ2v) is 14.3. The maximum absolute atomic E-state index is 13.6. The number of nitrogens with zero attached hydrogens (tertiary/aromatic N) is 4. The summed E-state index contributed by atoms with van der Waals surface area (Å²) in [6.07, 6.45) is 5.01. The largest absolute Gasteiger partial charge is 0.510 e. The monoisotopic (exact) mass is 709 g/mol. The molecule has 2 aliphatic carbocycles. The lowest BCUT2D eigenvalue weighted by Gasteiger charge is -2.21. The van der Waals surface area contributed by atoms with Crippen molar-refractivity contribution in [2.45, 2.75) is 93.1 Å². The summed E-state index contributed by atoms with van der Waals surface area (Å²) in [6.45, 7) is 0.501. The maximum atomic E-state index is 13.6. The molecule has 262 valence electrons. The van der Waals surface area contributed by atoms with Gasteiger partial charge < -0.3 is 38.7 Å². The summed E-state index contributed by atoms with van der Waals surface area (Å²) < 4.78 is 57.4. The van der Waals surface area contributed by atoms with E-state index in [2.05, 4.69) is 15.0 Å². The van der Waals surface area contributed by atoms with Gasteiger partial charge in [-0.15, -0.1) is 0 Å². The molecule has 1 atom stereocenters. The normalized spacial score (nSPS) is 16.2. The lowest BCUT2D eigenvalue weighted by Crippen LogP contribution is -2.21. The lowest BCUT2D eigenvalue weighted by molar-refractivity contribution is -0.0404. The summed E-state index contributed by atoms with van der Waals surface area (Å²) in [5, 5.41) is 0.569. The van der Waals surface area contributed by atoms with Crippen molar-refractivity contribution in [2.75, 3.05) is 32.8 Å². The van der Waals surface area contributed by atoms with Gasteiger partial charge in [-0.1, -0.05) is 11.8 Å². The Hall–Kier alpha value is -3.63. The van der Waals surface area contributed by atoms with Crippen LogP contribution in [0, 0.1) is 0 Å². The van der Waals surface area contributed by atoms with E-state index in [0.29, 0.717) is 16.2 Å². The summed E-state index contributed by atoms with van der Waals surface area (Å²) in [7, 11) is -2.53. The van der Waals surface area contributed by atoms with E-state index in [1.807, 2.05) is 24.3 Å². The number of nitrogen functional groups attached to an aromatic ring is 1. The number of aromatic nitrogens is 4. The van der Waals surface area contributed by atoms with Crippen LogP contribution in [-0.2, 0) is 43.8 Å². The lowest BCUT2D eigenvalue weighted by atomic mass is 10.3. The quantitative estimate of drug-likeness (QED) is 0.0756. The van der Waals surface area contributed by atoms with Crippen LogP contribution >= 0.6 is 19.4 Å². The van der Waals surface area contributed by atoms with Crippen LogP contribution < -0.4 is 10.5 Å². The Balaban J connectivity index is 1.18. The van der Waals surface area contributed by atoms with Crippen molar-refractivity contribution >= 4 is 48.8 Å². The molecule has 5 rings (SSSR count). The Morgan fingerprint density at radius 2 is 1.54 bits per heavy atom. The Morgan fingerprint density at radius 3 is 2.10 bits per heavy atom. The van der Waals surface area contributed by atoms with E-state index in [1.165, 1.54) is 11.8 Å². The van der Waals surface area contributed by atoms with Gasteiger partial charge in [0.1, 0.15) is 34.8 Å². The number of anilines is 1. The van der Waals surface area contributed by atoms with Gasteiger partial charge in [-0.3, -0.25) is 13.6 Å². The number of hydrogen-bond donors (Lipinski definition) is 1. The molecule has 18 heteroatoms. The molecule has 0 aliphatic heterocycles. The molecule has 0 bridgehead atoms. The van der Waals surface area contributed by atoms with Crippen molar-refractivity contribution in [3.8, 4) is 5.75 Å². The standard InChI is InChI=1S/C30H40N5O11PS/c1-20(15-35-16-32-25-26(35)33-28(31)34-27(25)48-24-13-11-21(39-2)12-14-24)42-19-47(38,43-17-40-29(36)45-22-7-3-4-8-22)44-18-41-30(37)46-23-9-5-6-10-23/h11-14,16,20,22-23H,3-10,15,17-19H2,1-2H3,(H2,31,33,34). The molecular weight excluding hydrogens is 669 g/mol. The van der Waals surface area contributed by atoms with E-state index in [-0.39, 0.29) is 24.7 Å². The third kappa shape index (κ3) is 10.4. The molecule has 0 spiro atoms. The number of benzene rings is 1. The maximum Gasteiger partial charge on any atom is 0.510 e. The van der Waals surface area contributed by atoms with Crippen LogP contribution in [0.25, 0.3) is 11.2 Å². The number of imidazole rings is 1. The highest BCUT2D eigenvalue weighted by atomic mass is 32.2. The average Bonchev–Trinajstić information content (AvgIpc) is 3.85. The van der Waals surface area contributed by atoms with Crippen LogP contribution in [-0.4, -0.2) is 77.2 Å². The smallest absolute Gasteiger partial charge is 0.497 e. The van der Waals surface area contributed by atoms with E-state index < -0.39 is 45.9 Å². The molecule has 2 aromatic heterocycles. The third-order valence-electron chi connectivity index (χ3n) is 7.68. The molecule has 16 nitrogen and oxygen atoms in total. The number of fused-ring (bicyclic) bond motifs is 1. The molecule has 1 aromatic carbocycles. The van der Waals surface area contributed by atoms with E-state index in [0.717, 1.165) is 62.0 Å². The Bertz CT molecular complexity index is 1520. The highest BCUT2D eigenvalue weighted by Gasteiger charge is 2.30. The molecule has 1 unspecified atom stereocenters. The van der Waals surface area contributed by atoms with Crippen LogP contribution in [0.4, 0.5) is 15.5 Å². The van der Waals surface area contributed by atoms with Gasteiger partial charge in [-0.25, -0.2) is 19.6 Å². The Labute approximate surface area is 281 Å². The van der Waals surface area contributed by atoms with Gasteiger partial charge in [-0.05, 0) is 82.6 Å². The highest BCUT2D eigenvalue weighted by molar-refractivity contribution is 7.99. The summed E-state index contributed by atoms with van der Waals surface area (Å²) >= 11 is 1.38. The molecule has 2 aliphatic rings. The first-order chi connectivity index (χ1) is 23.2. The molecule has 48 heavy (non-hydrogen) atoms. The molecule has 2 heterocycles. The second kappa shape index (κ2) is 17.2. The van der Waals surface area contributed by atoms with E-state index >= 15 is 0 Å². The van der Waals surface area contributed by atoms with Crippen LogP contribution in [0.2, 0.25) is 0 Å². The molecule has 0 amide bonds. The minimum atomic E-state index is -4.13. The van der Waals surface area contributed by atoms with Crippen molar-refractivity contribution in [1.82, 2.24) is 19.5 Å². The van der Waals surface area contributed by atoms with E-state index in [9.17, 15) is 14.2 Å².